The van der Waals surface area contributed by atoms with Gasteiger partial charge in [-0.1, -0.05) is 5.21 Å². The number of aliphatic imine (C=N–C) groups is 2. The third-order valence-corrected chi connectivity index (χ3v) is 4.09. The molecule has 8 N–H and O–H groups in total. The van der Waals surface area contributed by atoms with E-state index in [0.717, 1.165) is 12.3 Å². The van der Waals surface area contributed by atoms with Crippen molar-refractivity contribution in [2.24, 2.45) is 15.7 Å². The molecule has 17 nitrogen and oxygen atoms in total. The molecule has 0 fully saturated rings. The predicted octanol–water partition coefficient (Wildman–Crippen LogP) is -2.06. The molecule has 176 valence electrons. The molecular weight excluding hydrogens is 459 g/mol. The number of nitrogens with two attached hydrogens (primary N) is 1. The summed E-state index contributed by atoms with van der Waals surface area (Å²) in [5.74, 6) is -5.35. The van der Waals surface area contributed by atoms with E-state index in [2.05, 4.69) is 46.2 Å². The number of hydrogen-bond acceptors (Lipinski definition) is 10. The zero-order valence-corrected chi connectivity index (χ0v) is 16.9. The summed E-state index contributed by atoms with van der Waals surface area (Å²) in [7, 11) is 0. The number of halogens is 1. The number of carboxylic acids is 1. The van der Waals surface area contributed by atoms with E-state index in [9.17, 15) is 28.7 Å². The molecule has 1 aliphatic heterocycles. The van der Waals surface area contributed by atoms with Crippen molar-refractivity contribution in [3.05, 3.63) is 29.6 Å². The number of carbonyl (C=O) groups is 4. The van der Waals surface area contributed by atoms with Crippen molar-refractivity contribution in [1.82, 2.24) is 36.2 Å². The minimum Gasteiger partial charge on any atom is -0.480 e. The van der Waals surface area contributed by atoms with Gasteiger partial charge in [0.25, 0.3) is 11.8 Å². The highest BCUT2D eigenvalue weighted by atomic mass is 19.1. The molecule has 1 atom stereocenters. The van der Waals surface area contributed by atoms with E-state index in [1.807, 2.05) is 5.32 Å². The Morgan fingerprint density at radius 2 is 2.12 bits per heavy atom. The van der Waals surface area contributed by atoms with Crippen molar-refractivity contribution in [2.75, 3.05) is 5.32 Å². The SMILES string of the molecule is N=C1N=C(N)/C(=N/C(=O)Nc2cnc(C(=O)N[C@@H](CCc3nn[nH]n3)C(=O)O)c(F)c2)C(=O)N1. The van der Waals surface area contributed by atoms with E-state index in [1.54, 1.807) is 0 Å². The largest absolute Gasteiger partial charge is 0.480 e. The maximum Gasteiger partial charge on any atom is 0.346 e. The Morgan fingerprint density at radius 1 is 1.35 bits per heavy atom. The molecule has 2 aromatic heterocycles. The van der Waals surface area contributed by atoms with Crippen molar-refractivity contribution >= 4 is 47.0 Å². The number of aliphatic carboxylic acids is 1. The van der Waals surface area contributed by atoms with Gasteiger partial charge < -0.3 is 21.5 Å². The van der Waals surface area contributed by atoms with Gasteiger partial charge in [-0.3, -0.25) is 20.3 Å². The second kappa shape index (κ2) is 9.97. The Bertz CT molecular complexity index is 1220. The molecule has 34 heavy (non-hydrogen) atoms. The number of rotatable bonds is 7. The number of nitrogens with one attached hydrogen (secondary N) is 5. The first-order valence-electron chi connectivity index (χ1n) is 9.19. The van der Waals surface area contributed by atoms with Gasteiger partial charge in [0.05, 0.1) is 11.9 Å². The Labute approximate surface area is 187 Å². The Morgan fingerprint density at radius 3 is 2.74 bits per heavy atom. The van der Waals surface area contributed by atoms with Crippen LogP contribution in [0.2, 0.25) is 0 Å². The first-order valence-corrected chi connectivity index (χ1v) is 9.19. The minimum absolute atomic E-state index is 0.0749. The second-order valence-corrected chi connectivity index (χ2v) is 6.48. The standard InChI is InChI=1S/C16H15FN12O5/c17-6-3-5(21-16(34)23-10-11(18)24-15(19)25-13(10)31)4-20-9(6)12(30)22-7(14(32)33)1-2-8-26-28-29-27-8/h3-4,7H,1-2H2,(H,21,34)(H,22,30)(H,32,33)(H,26,27,28,29)(H4,18,19,24,25,31)/b23-10-/t7-/m0/s1. The molecule has 0 aliphatic carbocycles. The number of amides is 4. The lowest BCUT2D eigenvalue weighted by Gasteiger charge is -2.14. The summed E-state index contributed by atoms with van der Waals surface area (Å²) in [6, 6.07) is -1.79. The Balaban J connectivity index is 1.66. The van der Waals surface area contributed by atoms with Crippen LogP contribution < -0.4 is 21.7 Å². The third kappa shape index (κ3) is 5.75. The van der Waals surface area contributed by atoms with Crippen molar-refractivity contribution in [2.45, 2.75) is 18.9 Å². The average molecular weight is 474 g/mol. The average Bonchev–Trinajstić information content (AvgIpc) is 3.27. The number of amidine groups is 1. The smallest absolute Gasteiger partial charge is 0.346 e. The normalized spacial score (nSPS) is 15.3. The van der Waals surface area contributed by atoms with Gasteiger partial charge in [-0.25, -0.2) is 19.0 Å². The van der Waals surface area contributed by atoms with Crippen LogP contribution in [0.25, 0.3) is 0 Å². The van der Waals surface area contributed by atoms with E-state index < -0.39 is 58.9 Å². The summed E-state index contributed by atoms with van der Waals surface area (Å²) in [6.07, 6.45) is 0.890. The van der Waals surface area contributed by atoms with Crippen molar-refractivity contribution in [3.63, 3.8) is 0 Å². The van der Waals surface area contributed by atoms with Gasteiger partial charge in [-0.2, -0.15) is 15.2 Å². The monoisotopic (exact) mass is 474 g/mol. The van der Waals surface area contributed by atoms with E-state index >= 15 is 0 Å². The molecule has 0 radical (unpaired) electrons. The molecule has 0 bridgehead atoms. The molecule has 0 saturated carbocycles. The molecule has 0 saturated heterocycles. The van der Waals surface area contributed by atoms with Crippen LogP contribution in [0.3, 0.4) is 0 Å². The Hall–Kier alpha value is -5.16. The van der Waals surface area contributed by atoms with Gasteiger partial charge in [0.2, 0.25) is 5.96 Å². The summed E-state index contributed by atoms with van der Waals surface area (Å²) in [5, 5.41) is 35.6. The molecule has 0 unspecified atom stereocenters. The van der Waals surface area contributed by atoms with Crippen molar-refractivity contribution < 1.29 is 28.7 Å². The van der Waals surface area contributed by atoms with Crippen LogP contribution in [-0.4, -0.2) is 78.1 Å². The van der Waals surface area contributed by atoms with Crippen LogP contribution in [0.5, 0.6) is 0 Å². The van der Waals surface area contributed by atoms with Crippen LogP contribution in [0.1, 0.15) is 22.7 Å². The fourth-order valence-electron chi connectivity index (χ4n) is 2.56. The lowest BCUT2D eigenvalue weighted by Crippen LogP contribution is -2.47. The van der Waals surface area contributed by atoms with Gasteiger partial charge in [0, 0.05) is 12.5 Å². The van der Waals surface area contributed by atoms with Crippen molar-refractivity contribution in [1.29, 1.82) is 5.41 Å². The van der Waals surface area contributed by atoms with E-state index in [4.69, 9.17) is 11.1 Å². The van der Waals surface area contributed by atoms with Crippen LogP contribution in [0.4, 0.5) is 14.9 Å². The summed E-state index contributed by atoms with van der Waals surface area (Å²) in [4.78, 5) is 57.9. The van der Waals surface area contributed by atoms with Crippen LogP contribution >= 0.6 is 0 Å². The summed E-state index contributed by atoms with van der Waals surface area (Å²) >= 11 is 0. The fraction of sp³-hybridized carbons (Fsp3) is 0.188. The number of nitrogens with zero attached hydrogens (tertiary/aromatic N) is 6. The molecule has 1 aliphatic rings. The number of aryl methyl sites for hydroxylation is 1. The quantitative estimate of drug-likeness (QED) is 0.231. The lowest BCUT2D eigenvalue weighted by molar-refractivity contribution is -0.139. The predicted molar refractivity (Wildman–Crippen MR) is 110 cm³/mol. The molecular formula is C16H15FN12O5. The summed E-state index contributed by atoms with van der Waals surface area (Å²) < 4.78 is 14.4. The first-order chi connectivity index (χ1) is 16.1. The highest BCUT2D eigenvalue weighted by Crippen LogP contribution is 2.13. The second-order valence-electron chi connectivity index (χ2n) is 6.48. The molecule has 3 rings (SSSR count). The van der Waals surface area contributed by atoms with E-state index in [0.29, 0.717) is 0 Å². The van der Waals surface area contributed by atoms with Gasteiger partial charge >= 0.3 is 12.0 Å². The summed E-state index contributed by atoms with van der Waals surface area (Å²) in [5.41, 5.74) is 3.95. The third-order valence-electron chi connectivity index (χ3n) is 4.09. The number of tetrazole rings is 1. The number of aromatic nitrogens is 5. The Kier molecular flexibility index (Phi) is 6.89. The molecule has 4 amide bonds. The van der Waals surface area contributed by atoms with Crippen molar-refractivity contribution in [3.8, 4) is 0 Å². The molecule has 2 aromatic rings. The first kappa shape index (κ1) is 23.5. The molecule has 0 spiro atoms. The van der Waals surface area contributed by atoms with Gasteiger partial charge in [-0.05, 0) is 6.42 Å². The van der Waals surface area contributed by atoms with Crippen LogP contribution in [-0.2, 0) is 16.0 Å². The number of aromatic amines is 1. The minimum atomic E-state index is -1.39. The number of H-pyrrole nitrogens is 1. The van der Waals surface area contributed by atoms with Gasteiger partial charge in [-0.15, -0.1) is 10.2 Å². The maximum atomic E-state index is 14.4. The zero-order valence-electron chi connectivity index (χ0n) is 16.9. The van der Waals surface area contributed by atoms with Gasteiger partial charge in [0.1, 0.15) is 6.04 Å². The summed E-state index contributed by atoms with van der Waals surface area (Å²) in [6.45, 7) is 0. The van der Waals surface area contributed by atoms with E-state index in [1.165, 1.54) is 0 Å². The van der Waals surface area contributed by atoms with Crippen LogP contribution in [0, 0.1) is 11.2 Å². The number of urea groups is 1. The van der Waals surface area contributed by atoms with Crippen LogP contribution in [0.15, 0.2) is 22.2 Å². The zero-order chi connectivity index (χ0) is 24.8. The fourth-order valence-corrected chi connectivity index (χ4v) is 2.56. The maximum absolute atomic E-state index is 14.4. The number of carboxylic acid groups (broad SMARTS) is 1. The number of hydrogen-bond donors (Lipinski definition) is 7. The number of anilines is 1. The highest BCUT2D eigenvalue weighted by Gasteiger charge is 2.25. The highest BCUT2D eigenvalue weighted by molar-refractivity contribution is 6.69. The number of carbonyl (C=O) groups excluding carboxylic acids is 3. The number of pyridine rings is 1. The molecule has 0 aromatic carbocycles. The van der Waals surface area contributed by atoms with E-state index in [-0.39, 0.29) is 24.4 Å². The lowest BCUT2D eigenvalue weighted by atomic mass is 10.1. The topological polar surface area (TPSA) is 267 Å². The molecule has 3 heterocycles. The molecule has 18 heteroatoms. The number of guanidine groups is 1. The van der Waals surface area contributed by atoms with Gasteiger partial charge in [0.15, 0.2) is 28.9 Å².